The van der Waals surface area contributed by atoms with E-state index >= 15 is 0 Å². The van der Waals surface area contributed by atoms with Crippen LogP contribution in [0.4, 0.5) is 5.69 Å². The number of benzene rings is 2. The normalized spacial score (nSPS) is 11.9. The van der Waals surface area contributed by atoms with E-state index < -0.39 is 10.0 Å². The Kier molecular flexibility index (Phi) is 5.04. The SMILES string of the molecule is [2H]c1cc(CNC)ccc1-c1cccn1S(=O)(=O)c1cccc(NC(C)=O)c1. The van der Waals surface area contributed by atoms with Crippen LogP contribution < -0.4 is 10.6 Å². The van der Waals surface area contributed by atoms with Gasteiger partial charge in [-0.25, -0.2) is 12.4 Å². The number of nitrogens with zero attached hydrogens (tertiary/aromatic N) is 1. The number of nitrogens with one attached hydrogen (secondary N) is 2. The quantitative estimate of drug-likeness (QED) is 0.684. The lowest BCUT2D eigenvalue weighted by atomic mass is 10.1. The van der Waals surface area contributed by atoms with Crippen LogP contribution in [0, 0.1) is 0 Å². The number of rotatable bonds is 6. The fraction of sp³-hybridized carbons (Fsp3) is 0.150. The van der Waals surface area contributed by atoms with Crippen LogP contribution in [0.2, 0.25) is 0 Å². The summed E-state index contributed by atoms with van der Waals surface area (Å²) >= 11 is 0. The molecule has 0 saturated carbocycles. The van der Waals surface area contributed by atoms with Crippen molar-refractivity contribution in [2.24, 2.45) is 0 Å². The van der Waals surface area contributed by atoms with Gasteiger partial charge in [0.05, 0.1) is 12.0 Å². The fourth-order valence-electron chi connectivity index (χ4n) is 2.77. The van der Waals surface area contributed by atoms with Gasteiger partial charge in [0, 0.05) is 25.4 Å². The van der Waals surface area contributed by atoms with Crippen LogP contribution in [0.3, 0.4) is 0 Å². The Labute approximate surface area is 160 Å². The van der Waals surface area contributed by atoms with Crippen LogP contribution >= 0.6 is 0 Å². The number of carbonyl (C=O) groups is 1. The average molecular weight is 384 g/mol. The predicted octanol–water partition coefficient (Wildman–Crippen LogP) is 3.07. The van der Waals surface area contributed by atoms with E-state index in [2.05, 4.69) is 10.6 Å². The molecule has 6 nitrogen and oxygen atoms in total. The lowest BCUT2D eigenvalue weighted by molar-refractivity contribution is -0.114. The Morgan fingerprint density at radius 1 is 1.15 bits per heavy atom. The molecule has 2 N–H and O–H groups in total. The summed E-state index contributed by atoms with van der Waals surface area (Å²) in [6, 6.07) is 15.0. The zero-order chi connectivity index (χ0) is 20.3. The molecule has 0 saturated heterocycles. The maximum Gasteiger partial charge on any atom is 0.268 e. The van der Waals surface area contributed by atoms with Gasteiger partial charge in [-0.1, -0.05) is 30.3 Å². The number of aromatic nitrogens is 1. The number of amides is 1. The van der Waals surface area contributed by atoms with Crippen molar-refractivity contribution in [2.75, 3.05) is 12.4 Å². The van der Waals surface area contributed by atoms with E-state index in [0.29, 0.717) is 23.5 Å². The Morgan fingerprint density at radius 3 is 2.67 bits per heavy atom. The van der Waals surface area contributed by atoms with Gasteiger partial charge in [-0.3, -0.25) is 4.79 Å². The molecule has 1 aromatic heterocycles. The highest BCUT2D eigenvalue weighted by molar-refractivity contribution is 7.90. The third-order valence-electron chi connectivity index (χ3n) is 3.96. The second-order valence-electron chi connectivity index (χ2n) is 6.04. The molecule has 3 rings (SSSR count). The number of hydrogen-bond acceptors (Lipinski definition) is 4. The minimum atomic E-state index is -3.90. The largest absolute Gasteiger partial charge is 0.326 e. The zero-order valence-electron chi connectivity index (χ0n) is 16.1. The molecule has 140 valence electrons. The minimum absolute atomic E-state index is 0.0505. The molecule has 0 aliphatic rings. The topological polar surface area (TPSA) is 80.2 Å². The van der Waals surface area contributed by atoms with Gasteiger partial charge in [0.1, 0.15) is 0 Å². The molecule has 0 fully saturated rings. The highest BCUT2D eigenvalue weighted by Gasteiger charge is 2.20. The maximum absolute atomic E-state index is 13.2. The van der Waals surface area contributed by atoms with Crippen LogP contribution in [0.15, 0.2) is 71.7 Å². The van der Waals surface area contributed by atoms with Gasteiger partial charge in [0.15, 0.2) is 0 Å². The van der Waals surface area contributed by atoms with E-state index in [4.69, 9.17) is 1.37 Å². The Bertz CT molecular complexity index is 1120. The van der Waals surface area contributed by atoms with Crippen molar-refractivity contribution in [3.63, 3.8) is 0 Å². The summed E-state index contributed by atoms with van der Waals surface area (Å²) < 4.78 is 35.8. The Hall–Kier alpha value is -2.90. The number of hydrogen-bond donors (Lipinski definition) is 2. The fourth-order valence-corrected chi connectivity index (χ4v) is 4.17. The van der Waals surface area contributed by atoms with Crippen LogP contribution in [-0.4, -0.2) is 25.3 Å². The monoisotopic (exact) mass is 384 g/mol. The van der Waals surface area contributed by atoms with Gasteiger partial charge < -0.3 is 10.6 Å². The summed E-state index contributed by atoms with van der Waals surface area (Å²) in [4.78, 5) is 11.3. The summed E-state index contributed by atoms with van der Waals surface area (Å²) in [5.74, 6) is -0.281. The molecule has 0 radical (unpaired) electrons. The number of carbonyl (C=O) groups excluding carboxylic acids is 1. The van der Waals surface area contributed by atoms with E-state index in [9.17, 15) is 13.2 Å². The highest BCUT2D eigenvalue weighted by Crippen LogP contribution is 2.26. The maximum atomic E-state index is 13.2. The molecule has 27 heavy (non-hydrogen) atoms. The van der Waals surface area contributed by atoms with Crippen molar-refractivity contribution >= 4 is 21.6 Å². The van der Waals surface area contributed by atoms with Gasteiger partial charge in [-0.15, -0.1) is 0 Å². The van der Waals surface area contributed by atoms with Crippen LogP contribution in [0.5, 0.6) is 0 Å². The average Bonchev–Trinajstić information content (AvgIpc) is 3.12. The van der Waals surface area contributed by atoms with E-state index in [-0.39, 0.29) is 16.8 Å². The van der Waals surface area contributed by atoms with Crippen molar-refractivity contribution in [1.82, 2.24) is 9.29 Å². The Balaban J connectivity index is 2.05. The predicted molar refractivity (Wildman–Crippen MR) is 106 cm³/mol. The van der Waals surface area contributed by atoms with Crippen molar-refractivity contribution in [3.05, 3.63) is 72.4 Å². The number of anilines is 1. The second-order valence-corrected chi connectivity index (χ2v) is 7.86. The van der Waals surface area contributed by atoms with Crippen LogP contribution in [0.1, 0.15) is 13.9 Å². The van der Waals surface area contributed by atoms with Gasteiger partial charge in [-0.2, -0.15) is 0 Å². The summed E-state index contributed by atoms with van der Waals surface area (Å²) in [7, 11) is -2.08. The van der Waals surface area contributed by atoms with Crippen molar-refractivity contribution in [3.8, 4) is 11.3 Å². The summed E-state index contributed by atoms with van der Waals surface area (Å²) in [6.07, 6.45) is 1.46. The third-order valence-corrected chi connectivity index (χ3v) is 5.64. The molecular formula is C20H21N3O3S. The molecule has 0 aliphatic carbocycles. The van der Waals surface area contributed by atoms with Gasteiger partial charge in [0.25, 0.3) is 10.0 Å². The Morgan fingerprint density at radius 2 is 1.96 bits per heavy atom. The molecular weight excluding hydrogens is 362 g/mol. The van der Waals surface area contributed by atoms with Crippen LogP contribution in [0.25, 0.3) is 11.3 Å². The molecule has 0 aliphatic heterocycles. The van der Waals surface area contributed by atoms with Crippen molar-refractivity contribution < 1.29 is 14.6 Å². The molecule has 3 aromatic rings. The molecule has 1 amide bonds. The molecule has 7 heteroatoms. The first-order valence-corrected chi connectivity index (χ1v) is 9.82. The first-order valence-electron chi connectivity index (χ1n) is 8.88. The standard InChI is InChI=1S/C20H21N3O3S/c1-15(24)22-18-5-3-6-19(13-18)27(25,26)23-12-4-7-20(23)17-10-8-16(9-11-17)14-21-2/h3-13,21H,14H2,1-2H3,(H,22,24)/i10D. The van der Waals surface area contributed by atoms with Gasteiger partial charge in [-0.05, 0) is 48.5 Å². The van der Waals surface area contributed by atoms with Crippen molar-refractivity contribution in [1.29, 1.82) is 0 Å². The van der Waals surface area contributed by atoms with Gasteiger partial charge in [0.2, 0.25) is 5.91 Å². The summed E-state index contributed by atoms with van der Waals surface area (Å²) in [5, 5.41) is 5.61. The minimum Gasteiger partial charge on any atom is -0.326 e. The second kappa shape index (κ2) is 7.77. The molecule has 0 atom stereocenters. The molecule has 2 aromatic carbocycles. The highest BCUT2D eigenvalue weighted by atomic mass is 32.2. The summed E-state index contributed by atoms with van der Waals surface area (Å²) in [6.45, 7) is 1.99. The molecule has 0 bridgehead atoms. The van der Waals surface area contributed by atoms with E-state index in [0.717, 1.165) is 9.54 Å². The van der Waals surface area contributed by atoms with E-state index in [1.165, 1.54) is 25.3 Å². The lowest BCUT2D eigenvalue weighted by Crippen LogP contribution is -2.14. The lowest BCUT2D eigenvalue weighted by Gasteiger charge is -2.12. The third kappa shape index (κ3) is 4.10. The van der Waals surface area contributed by atoms with E-state index in [1.54, 1.807) is 36.4 Å². The molecule has 0 unspecified atom stereocenters. The first kappa shape index (κ1) is 17.5. The van der Waals surface area contributed by atoms with E-state index in [1.807, 2.05) is 13.1 Å². The van der Waals surface area contributed by atoms with Crippen molar-refractivity contribution in [2.45, 2.75) is 18.4 Å². The van der Waals surface area contributed by atoms with Crippen LogP contribution in [-0.2, 0) is 21.4 Å². The van der Waals surface area contributed by atoms with Gasteiger partial charge >= 0.3 is 0 Å². The smallest absolute Gasteiger partial charge is 0.268 e. The zero-order valence-corrected chi connectivity index (χ0v) is 15.9. The molecule has 0 spiro atoms. The summed E-state index contributed by atoms with van der Waals surface area (Å²) in [5.41, 5.74) is 2.28. The first-order chi connectivity index (χ1) is 13.3. The molecule has 1 heterocycles.